The number of aromatic hydroxyl groups is 2. The molecule has 1 unspecified atom stereocenters. The zero-order valence-electron chi connectivity index (χ0n) is 11.3. The van der Waals surface area contributed by atoms with Crippen LogP contribution in [0.1, 0.15) is 17.3 Å². The SMILES string of the molecule is COCCNC(=O)C(C)NC(=O)c1cccc(O)c1O. The number of phenols is 2. The molecule has 110 valence electrons. The number of methoxy groups -OCH3 is 1. The molecule has 0 aliphatic carbocycles. The largest absolute Gasteiger partial charge is 0.504 e. The molecule has 0 aromatic heterocycles. The fourth-order valence-electron chi connectivity index (χ4n) is 1.48. The van der Waals surface area contributed by atoms with E-state index in [-0.39, 0.29) is 11.5 Å². The summed E-state index contributed by atoms with van der Waals surface area (Å²) in [7, 11) is 1.52. The summed E-state index contributed by atoms with van der Waals surface area (Å²) in [6.45, 7) is 2.23. The fraction of sp³-hybridized carbons (Fsp3) is 0.385. The topological polar surface area (TPSA) is 108 Å². The van der Waals surface area contributed by atoms with Crippen molar-refractivity contribution in [1.29, 1.82) is 0 Å². The van der Waals surface area contributed by atoms with Crippen molar-refractivity contribution in [1.82, 2.24) is 10.6 Å². The number of hydrogen-bond donors (Lipinski definition) is 4. The van der Waals surface area contributed by atoms with E-state index in [9.17, 15) is 19.8 Å². The van der Waals surface area contributed by atoms with Gasteiger partial charge in [0, 0.05) is 13.7 Å². The van der Waals surface area contributed by atoms with Crippen molar-refractivity contribution in [3.8, 4) is 11.5 Å². The monoisotopic (exact) mass is 282 g/mol. The quantitative estimate of drug-likeness (QED) is 0.433. The van der Waals surface area contributed by atoms with Crippen LogP contribution in [0.3, 0.4) is 0 Å². The van der Waals surface area contributed by atoms with Crippen molar-refractivity contribution in [3.63, 3.8) is 0 Å². The van der Waals surface area contributed by atoms with Gasteiger partial charge in [-0.15, -0.1) is 0 Å². The maximum absolute atomic E-state index is 11.9. The molecule has 4 N–H and O–H groups in total. The second kappa shape index (κ2) is 7.34. The van der Waals surface area contributed by atoms with Gasteiger partial charge < -0.3 is 25.6 Å². The lowest BCUT2D eigenvalue weighted by atomic mass is 10.1. The molecule has 7 nitrogen and oxygen atoms in total. The summed E-state index contributed by atoms with van der Waals surface area (Å²) in [5.41, 5.74) is -0.0958. The molecule has 1 atom stereocenters. The van der Waals surface area contributed by atoms with Gasteiger partial charge in [-0.3, -0.25) is 9.59 Å². The van der Waals surface area contributed by atoms with E-state index in [1.54, 1.807) is 0 Å². The second-order valence-electron chi connectivity index (χ2n) is 4.15. The Morgan fingerprint density at radius 2 is 2.05 bits per heavy atom. The highest BCUT2D eigenvalue weighted by atomic mass is 16.5. The van der Waals surface area contributed by atoms with E-state index in [0.717, 1.165) is 0 Å². The van der Waals surface area contributed by atoms with E-state index in [4.69, 9.17) is 4.74 Å². The minimum absolute atomic E-state index is 0.0958. The van der Waals surface area contributed by atoms with Crippen LogP contribution in [0.5, 0.6) is 11.5 Å². The summed E-state index contributed by atoms with van der Waals surface area (Å²) < 4.78 is 4.79. The molecule has 0 aliphatic rings. The Labute approximate surface area is 116 Å². The Hall–Kier alpha value is -2.28. The Balaban J connectivity index is 2.61. The molecule has 0 bridgehead atoms. The average Bonchev–Trinajstić information content (AvgIpc) is 2.41. The van der Waals surface area contributed by atoms with Crippen LogP contribution in [-0.2, 0) is 9.53 Å². The number of nitrogens with one attached hydrogen (secondary N) is 2. The van der Waals surface area contributed by atoms with E-state index in [1.807, 2.05) is 0 Å². The summed E-state index contributed by atoms with van der Waals surface area (Å²) in [4.78, 5) is 23.5. The number of para-hydroxylation sites is 1. The van der Waals surface area contributed by atoms with Gasteiger partial charge in [-0.2, -0.15) is 0 Å². The van der Waals surface area contributed by atoms with Crippen LogP contribution in [-0.4, -0.2) is 48.3 Å². The first kappa shape index (κ1) is 15.8. The first-order valence-electron chi connectivity index (χ1n) is 6.05. The van der Waals surface area contributed by atoms with Crippen LogP contribution in [0.2, 0.25) is 0 Å². The molecule has 20 heavy (non-hydrogen) atoms. The van der Waals surface area contributed by atoms with Crippen LogP contribution in [0, 0.1) is 0 Å². The maximum atomic E-state index is 11.9. The van der Waals surface area contributed by atoms with E-state index >= 15 is 0 Å². The van der Waals surface area contributed by atoms with Crippen molar-refractivity contribution in [2.75, 3.05) is 20.3 Å². The molecule has 0 saturated carbocycles. The van der Waals surface area contributed by atoms with Crippen LogP contribution in [0.4, 0.5) is 0 Å². The third-order valence-electron chi connectivity index (χ3n) is 2.61. The van der Waals surface area contributed by atoms with Crippen molar-refractivity contribution in [3.05, 3.63) is 23.8 Å². The second-order valence-corrected chi connectivity index (χ2v) is 4.15. The van der Waals surface area contributed by atoms with E-state index in [2.05, 4.69) is 10.6 Å². The number of carbonyl (C=O) groups is 2. The number of amides is 2. The van der Waals surface area contributed by atoms with Gasteiger partial charge in [0.05, 0.1) is 12.2 Å². The lowest BCUT2D eigenvalue weighted by Crippen LogP contribution is -2.45. The summed E-state index contributed by atoms with van der Waals surface area (Å²) in [6.07, 6.45) is 0. The zero-order valence-corrected chi connectivity index (χ0v) is 11.3. The minimum atomic E-state index is -0.777. The first-order valence-corrected chi connectivity index (χ1v) is 6.05. The van der Waals surface area contributed by atoms with Gasteiger partial charge in [0.1, 0.15) is 6.04 Å². The normalized spacial score (nSPS) is 11.7. The zero-order chi connectivity index (χ0) is 15.1. The predicted octanol–water partition coefficient (Wildman–Crippen LogP) is -0.0213. The number of carbonyl (C=O) groups excluding carboxylic acids is 2. The first-order chi connectivity index (χ1) is 9.47. The molecule has 0 heterocycles. The predicted molar refractivity (Wildman–Crippen MR) is 71.6 cm³/mol. The van der Waals surface area contributed by atoms with Gasteiger partial charge in [-0.1, -0.05) is 6.07 Å². The van der Waals surface area contributed by atoms with Gasteiger partial charge in [0.2, 0.25) is 5.91 Å². The Bertz CT molecular complexity index is 490. The van der Waals surface area contributed by atoms with Crippen LogP contribution in [0.25, 0.3) is 0 Å². The van der Waals surface area contributed by atoms with Crippen LogP contribution in [0.15, 0.2) is 18.2 Å². The van der Waals surface area contributed by atoms with Gasteiger partial charge in [0.25, 0.3) is 5.91 Å². The van der Waals surface area contributed by atoms with Gasteiger partial charge >= 0.3 is 0 Å². The molecule has 7 heteroatoms. The summed E-state index contributed by atoms with van der Waals surface area (Å²) in [5, 5.41) is 23.9. The summed E-state index contributed by atoms with van der Waals surface area (Å²) in [5.74, 6) is -1.92. The van der Waals surface area contributed by atoms with Crippen LogP contribution < -0.4 is 10.6 Å². The van der Waals surface area contributed by atoms with Crippen molar-refractivity contribution >= 4 is 11.8 Å². The van der Waals surface area contributed by atoms with E-state index in [1.165, 1.54) is 32.2 Å². The maximum Gasteiger partial charge on any atom is 0.255 e. The highest BCUT2D eigenvalue weighted by molar-refractivity contribution is 6.00. The number of ether oxygens (including phenoxy) is 1. The minimum Gasteiger partial charge on any atom is -0.504 e. The highest BCUT2D eigenvalue weighted by Crippen LogP contribution is 2.27. The molecule has 0 fully saturated rings. The molecule has 0 radical (unpaired) electrons. The smallest absolute Gasteiger partial charge is 0.255 e. The standard InChI is InChI=1S/C13H18N2O5/c1-8(12(18)14-6-7-20-2)15-13(19)9-4-3-5-10(16)11(9)17/h3-5,8,16-17H,6-7H2,1-2H3,(H,14,18)(H,15,19). The molecule has 0 spiro atoms. The molecule has 1 rings (SSSR count). The van der Waals surface area contributed by atoms with Gasteiger partial charge in [0.15, 0.2) is 11.5 Å². The number of phenolic OH excluding ortho intramolecular Hbond substituents is 2. The van der Waals surface area contributed by atoms with Gasteiger partial charge in [-0.05, 0) is 19.1 Å². The summed E-state index contributed by atoms with van der Waals surface area (Å²) in [6, 6.07) is 3.25. The lowest BCUT2D eigenvalue weighted by molar-refractivity contribution is -0.122. The van der Waals surface area contributed by atoms with Crippen molar-refractivity contribution in [2.45, 2.75) is 13.0 Å². The molecule has 0 aliphatic heterocycles. The molecule has 0 saturated heterocycles. The Kier molecular flexibility index (Phi) is 5.79. The lowest BCUT2D eigenvalue weighted by Gasteiger charge is -2.14. The fourth-order valence-corrected chi connectivity index (χ4v) is 1.48. The number of benzene rings is 1. The number of rotatable bonds is 6. The highest BCUT2D eigenvalue weighted by Gasteiger charge is 2.19. The average molecular weight is 282 g/mol. The van der Waals surface area contributed by atoms with E-state index in [0.29, 0.717) is 13.2 Å². The molecule has 1 aromatic carbocycles. The molecular formula is C13H18N2O5. The van der Waals surface area contributed by atoms with Gasteiger partial charge in [-0.25, -0.2) is 0 Å². The van der Waals surface area contributed by atoms with E-state index < -0.39 is 23.4 Å². The number of hydrogen-bond acceptors (Lipinski definition) is 5. The summed E-state index contributed by atoms with van der Waals surface area (Å²) >= 11 is 0. The Morgan fingerprint density at radius 3 is 2.70 bits per heavy atom. The van der Waals surface area contributed by atoms with Crippen molar-refractivity contribution in [2.24, 2.45) is 0 Å². The molecule has 1 aromatic rings. The molecule has 2 amide bonds. The molecular weight excluding hydrogens is 264 g/mol. The van der Waals surface area contributed by atoms with Crippen LogP contribution >= 0.6 is 0 Å². The Morgan fingerprint density at radius 1 is 1.35 bits per heavy atom. The third-order valence-corrected chi connectivity index (χ3v) is 2.61. The third kappa shape index (κ3) is 4.13. The van der Waals surface area contributed by atoms with Crippen molar-refractivity contribution < 1.29 is 24.5 Å².